The third-order valence-corrected chi connectivity index (χ3v) is 5.61. The molecule has 1 saturated carbocycles. The molecule has 1 aliphatic carbocycles. The van der Waals surface area contributed by atoms with Crippen LogP contribution in [0.4, 0.5) is 0 Å². The zero-order chi connectivity index (χ0) is 15.0. The van der Waals surface area contributed by atoms with Crippen LogP contribution in [0.25, 0.3) is 0 Å². The van der Waals surface area contributed by atoms with Crippen LogP contribution in [0.2, 0.25) is 0 Å². The van der Waals surface area contributed by atoms with Crippen LogP contribution in [0, 0.1) is 5.92 Å². The minimum atomic E-state index is -0.575. The number of piperidine rings is 2. The third kappa shape index (κ3) is 3.41. The van der Waals surface area contributed by atoms with Gasteiger partial charge in [0, 0.05) is 25.2 Å². The fourth-order valence-electron chi connectivity index (χ4n) is 4.19. The number of fused-ring (bicyclic) bond motifs is 1. The van der Waals surface area contributed by atoms with Crippen LogP contribution in [0.3, 0.4) is 0 Å². The molecule has 5 nitrogen and oxygen atoms in total. The molecule has 2 aliphatic heterocycles. The Morgan fingerprint density at radius 1 is 1.29 bits per heavy atom. The van der Waals surface area contributed by atoms with E-state index >= 15 is 0 Å². The van der Waals surface area contributed by atoms with E-state index in [-0.39, 0.29) is 5.91 Å². The molecule has 3 fully saturated rings. The lowest BCUT2D eigenvalue weighted by molar-refractivity contribution is -0.125. The second-order valence-corrected chi connectivity index (χ2v) is 7.59. The molecule has 2 heterocycles. The molecule has 0 spiro atoms. The Hall–Kier alpha value is -0.650. The van der Waals surface area contributed by atoms with Crippen molar-refractivity contribution < 1.29 is 4.79 Å². The first kappa shape index (κ1) is 15.3. The van der Waals surface area contributed by atoms with Crippen LogP contribution < -0.4 is 11.1 Å². The number of carbonyl (C=O) groups is 1. The van der Waals surface area contributed by atoms with Crippen molar-refractivity contribution in [1.29, 1.82) is 0 Å². The van der Waals surface area contributed by atoms with Crippen molar-refractivity contribution in [3.8, 4) is 0 Å². The number of primary amides is 1. The smallest absolute Gasteiger partial charge is 0.238 e. The number of hydrogen-bond acceptors (Lipinski definition) is 4. The highest BCUT2D eigenvalue weighted by Crippen LogP contribution is 2.30. The quantitative estimate of drug-likeness (QED) is 0.770. The van der Waals surface area contributed by atoms with Crippen molar-refractivity contribution in [2.75, 3.05) is 33.2 Å². The van der Waals surface area contributed by atoms with E-state index < -0.39 is 5.54 Å². The van der Waals surface area contributed by atoms with Crippen LogP contribution in [-0.2, 0) is 4.79 Å². The molecule has 3 atom stereocenters. The summed E-state index contributed by atoms with van der Waals surface area (Å²) in [5.41, 5.74) is 5.11. The summed E-state index contributed by atoms with van der Waals surface area (Å²) in [6, 6.07) is 1.24. The minimum absolute atomic E-state index is 0.211. The van der Waals surface area contributed by atoms with Crippen molar-refractivity contribution in [2.24, 2.45) is 11.7 Å². The van der Waals surface area contributed by atoms with Gasteiger partial charge in [-0.05, 0) is 65.1 Å². The molecule has 0 aromatic carbocycles. The highest BCUT2D eigenvalue weighted by Gasteiger charge is 2.41. The van der Waals surface area contributed by atoms with Gasteiger partial charge in [-0.15, -0.1) is 0 Å². The van der Waals surface area contributed by atoms with Gasteiger partial charge in [0.05, 0.1) is 0 Å². The zero-order valence-corrected chi connectivity index (χ0v) is 13.5. The largest absolute Gasteiger partial charge is 0.368 e. The van der Waals surface area contributed by atoms with Gasteiger partial charge in [-0.1, -0.05) is 0 Å². The first-order valence-electron chi connectivity index (χ1n) is 8.48. The molecule has 0 bridgehead atoms. The number of carbonyl (C=O) groups excluding carboxylic acids is 1. The van der Waals surface area contributed by atoms with E-state index in [0.717, 1.165) is 31.6 Å². The molecule has 21 heavy (non-hydrogen) atoms. The molecule has 120 valence electrons. The molecule has 1 amide bonds. The van der Waals surface area contributed by atoms with E-state index in [2.05, 4.69) is 22.2 Å². The second-order valence-electron chi connectivity index (χ2n) is 7.59. The molecule has 3 N–H and O–H groups in total. The molecule has 0 aromatic heterocycles. The van der Waals surface area contributed by atoms with Crippen LogP contribution in [0.5, 0.6) is 0 Å². The molecule has 3 rings (SSSR count). The Morgan fingerprint density at radius 3 is 2.71 bits per heavy atom. The zero-order valence-electron chi connectivity index (χ0n) is 13.5. The Labute approximate surface area is 128 Å². The molecule has 2 saturated heterocycles. The van der Waals surface area contributed by atoms with E-state index in [1.54, 1.807) is 0 Å². The topological polar surface area (TPSA) is 61.6 Å². The van der Waals surface area contributed by atoms with Crippen LogP contribution >= 0.6 is 0 Å². The SMILES string of the molecule is CN1CCCC2CN(CC(C)(NC3CC3)C(N)=O)CCC21. The number of nitrogens with one attached hydrogen (secondary N) is 1. The summed E-state index contributed by atoms with van der Waals surface area (Å²) >= 11 is 0. The maximum absolute atomic E-state index is 11.9. The van der Waals surface area contributed by atoms with Gasteiger partial charge in [0.2, 0.25) is 5.91 Å². The third-order valence-electron chi connectivity index (χ3n) is 5.61. The first-order valence-corrected chi connectivity index (χ1v) is 8.48. The standard InChI is InChI=1S/C16H30N4O/c1-16(15(17)21,18-13-5-6-13)11-20-9-7-14-12(10-20)4-3-8-19(14)2/h12-14,18H,3-11H2,1-2H3,(H2,17,21). The van der Waals surface area contributed by atoms with Crippen molar-refractivity contribution >= 4 is 5.91 Å². The maximum atomic E-state index is 11.9. The molecule has 3 unspecified atom stereocenters. The maximum Gasteiger partial charge on any atom is 0.238 e. The highest BCUT2D eigenvalue weighted by atomic mass is 16.1. The monoisotopic (exact) mass is 294 g/mol. The van der Waals surface area contributed by atoms with Gasteiger partial charge in [0.15, 0.2) is 0 Å². The predicted octanol–water partition coefficient (Wildman–Crippen LogP) is 0.399. The first-order chi connectivity index (χ1) is 9.98. The summed E-state index contributed by atoms with van der Waals surface area (Å²) < 4.78 is 0. The number of amides is 1. The highest BCUT2D eigenvalue weighted by molar-refractivity contribution is 5.84. The number of nitrogens with zero attached hydrogens (tertiary/aromatic N) is 2. The Balaban J connectivity index is 1.60. The predicted molar refractivity (Wildman–Crippen MR) is 84.0 cm³/mol. The average molecular weight is 294 g/mol. The van der Waals surface area contributed by atoms with Gasteiger partial charge in [-0.3, -0.25) is 10.1 Å². The summed E-state index contributed by atoms with van der Waals surface area (Å²) in [5, 5.41) is 3.47. The van der Waals surface area contributed by atoms with Gasteiger partial charge in [-0.2, -0.15) is 0 Å². The van der Waals surface area contributed by atoms with E-state index in [4.69, 9.17) is 5.73 Å². The number of likely N-dealkylation sites (tertiary alicyclic amines) is 2. The molecule has 0 radical (unpaired) electrons. The van der Waals surface area contributed by atoms with Crippen molar-refractivity contribution in [2.45, 2.75) is 56.7 Å². The second kappa shape index (κ2) is 5.86. The Kier molecular flexibility index (Phi) is 4.26. The van der Waals surface area contributed by atoms with Gasteiger partial charge in [0.1, 0.15) is 5.54 Å². The van der Waals surface area contributed by atoms with Crippen molar-refractivity contribution in [1.82, 2.24) is 15.1 Å². The number of hydrogen-bond donors (Lipinski definition) is 2. The van der Waals surface area contributed by atoms with Gasteiger partial charge in [0.25, 0.3) is 0 Å². The van der Waals surface area contributed by atoms with Gasteiger partial charge >= 0.3 is 0 Å². The van der Waals surface area contributed by atoms with E-state index in [1.165, 1.54) is 38.6 Å². The summed E-state index contributed by atoms with van der Waals surface area (Å²) in [5.74, 6) is 0.549. The lowest BCUT2D eigenvalue weighted by Gasteiger charge is -2.47. The van der Waals surface area contributed by atoms with Crippen LogP contribution in [0.1, 0.15) is 39.0 Å². The lowest BCUT2D eigenvalue weighted by atomic mass is 9.83. The normalized spacial score (nSPS) is 34.2. The average Bonchev–Trinajstić information content (AvgIpc) is 3.22. The molecule has 5 heteroatoms. The Morgan fingerprint density at radius 2 is 2.05 bits per heavy atom. The molecule has 3 aliphatic rings. The Bertz CT molecular complexity index is 398. The van der Waals surface area contributed by atoms with E-state index in [1.807, 2.05) is 6.92 Å². The van der Waals surface area contributed by atoms with Crippen molar-refractivity contribution in [3.05, 3.63) is 0 Å². The molecular formula is C16H30N4O. The number of rotatable bonds is 5. The van der Waals surface area contributed by atoms with E-state index in [9.17, 15) is 4.79 Å². The summed E-state index contributed by atoms with van der Waals surface area (Å²) in [6.07, 6.45) is 6.21. The minimum Gasteiger partial charge on any atom is -0.368 e. The van der Waals surface area contributed by atoms with Crippen LogP contribution in [0.15, 0.2) is 0 Å². The number of nitrogens with two attached hydrogens (primary N) is 1. The summed E-state index contributed by atoms with van der Waals surface area (Å²) in [7, 11) is 2.26. The van der Waals surface area contributed by atoms with Crippen LogP contribution in [-0.4, -0.2) is 66.6 Å². The summed E-state index contributed by atoms with van der Waals surface area (Å²) in [4.78, 5) is 16.9. The van der Waals surface area contributed by atoms with E-state index in [0.29, 0.717) is 6.04 Å². The van der Waals surface area contributed by atoms with Gasteiger partial charge < -0.3 is 15.5 Å². The van der Waals surface area contributed by atoms with Crippen molar-refractivity contribution in [3.63, 3.8) is 0 Å². The lowest BCUT2D eigenvalue weighted by Crippen LogP contribution is -2.62. The fraction of sp³-hybridized carbons (Fsp3) is 0.938. The fourth-order valence-corrected chi connectivity index (χ4v) is 4.19. The molecular weight excluding hydrogens is 264 g/mol. The molecule has 0 aromatic rings. The summed E-state index contributed by atoms with van der Waals surface area (Å²) in [6.45, 7) is 6.17. The van der Waals surface area contributed by atoms with Gasteiger partial charge in [-0.25, -0.2) is 0 Å².